The highest BCUT2D eigenvalue weighted by molar-refractivity contribution is 5.87. The van der Waals surface area contributed by atoms with Crippen LogP contribution in [0.2, 0.25) is 0 Å². The number of rotatable bonds is 5. The van der Waals surface area contributed by atoms with Gasteiger partial charge in [0.05, 0.1) is 7.11 Å². The molecule has 0 aliphatic heterocycles. The molecule has 0 unspecified atom stereocenters. The Kier molecular flexibility index (Phi) is 6.47. The second kappa shape index (κ2) is 8.38. The lowest BCUT2D eigenvalue weighted by Gasteiger charge is -2.30. The summed E-state index contributed by atoms with van der Waals surface area (Å²) < 4.78 is 9.98. The van der Waals surface area contributed by atoms with Gasteiger partial charge in [-0.1, -0.05) is 0 Å². The number of nitrogens with one attached hydrogen (secondary N) is 3. The first-order valence-corrected chi connectivity index (χ1v) is 8.76. The van der Waals surface area contributed by atoms with E-state index in [0.29, 0.717) is 18.3 Å². The molecule has 1 aromatic heterocycles. The van der Waals surface area contributed by atoms with Crippen molar-refractivity contribution < 1.29 is 19.1 Å². The van der Waals surface area contributed by atoms with E-state index in [1.165, 1.54) is 7.11 Å². The van der Waals surface area contributed by atoms with Gasteiger partial charge in [0, 0.05) is 24.3 Å². The fourth-order valence-corrected chi connectivity index (χ4v) is 2.94. The number of aromatic amines is 1. The fraction of sp³-hybridized carbons (Fsp3) is 0.667. The van der Waals surface area contributed by atoms with E-state index >= 15 is 0 Å². The van der Waals surface area contributed by atoms with Gasteiger partial charge >= 0.3 is 12.1 Å². The molecular weight excluding hydrogens is 322 g/mol. The number of carbonyl (C=O) groups excluding carboxylic acids is 2. The first kappa shape index (κ1) is 19.3. The molecule has 25 heavy (non-hydrogen) atoms. The van der Waals surface area contributed by atoms with Crippen LogP contribution < -0.4 is 10.6 Å². The van der Waals surface area contributed by atoms with E-state index in [9.17, 15) is 9.59 Å². The summed E-state index contributed by atoms with van der Waals surface area (Å²) in [5.74, 6) is -0.361. The molecule has 0 radical (unpaired) electrons. The van der Waals surface area contributed by atoms with E-state index in [-0.39, 0.29) is 18.1 Å². The first-order valence-electron chi connectivity index (χ1n) is 8.76. The van der Waals surface area contributed by atoms with Crippen LogP contribution in [-0.2, 0) is 16.0 Å². The van der Waals surface area contributed by atoms with Crippen molar-refractivity contribution in [2.45, 2.75) is 70.7 Å². The zero-order valence-corrected chi connectivity index (χ0v) is 15.5. The van der Waals surface area contributed by atoms with Crippen molar-refractivity contribution in [1.29, 1.82) is 0 Å². The fourth-order valence-electron chi connectivity index (χ4n) is 2.94. The number of ether oxygens (including phenoxy) is 2. The van der Waals surface area contributed by atoms with Gasteiger partial charge in [-0.3, -0.25) is 0 Å². The quantitative estimate of drug-likeness (QED) is 0.709. The number of carbonyl (C=O) groups is 2. The summed E-state index contributed by atoms with van der Waals surface area (Å²) in [6, 6.07) is 4.19. The van der Waals surface area contributed by atoms with Crippen molar-refractivity contribution in [2.24, 2.45) is 0 Å². The Labute approximate surface area is 148 Å². The van der Waals surface area contributed by atoms with Crippen LogP contribution in [0.15, 0.2) is 12.1 Å². The highest BCUT2D eigenvalue weighted by Crippen LogP contribution is 2.20. The van der Waals surface area contributed by atoms with Crippen molar-refractivity contribution in [2.75, 3.05) is 7.11 Å². The molecule has 0 atom stereocenters. The number of H-pyrrole nitrogens is 1. The number of methoxy groups -OCH3 is 1. The van der Waals surface area contributed by atoms with Gasteiger partial charge in [-0.15, -0.1) is 0 Å². The molecule has 0 bridgehead atoms. The third kappa shape index (κ3) is 6.42. The number of hydrogen-bond donors (Lipinski definition) is 3. The highest BCUT2D eigenvalue weighted by atomic mass is 16.6. The summed E-state index contributed by atoms with van der Waals surface area (Å²) in [6.07, 6.45) is 3.49. The van der Waals surface area contributed by atoms with E-state index in [4.69, 9.17) is 4.74 Å². The van der Waals surface area contributed by atoms with Crippen molar-refractivity contribution in [3.8, 4) is 0 Å². The Morgan fingerprint density at radius 3 is 2.40 bits per heavy atom. The molecule has 3 N–H and O–H groups in total. The molecule has 1 heterocycles. The minimum absolute atomic E-state index is 0.171. The zero-order chi connectivity index (χ0) is 18.4. The van der Waals surface area contributed by atoms with Gasteiger partial charge in [-0.05, 0) is 58.6 Å². The Morgan fingerprint density at radius 1 is 1.16 bits per heavy atom. The SMILES string of the molecule is COC(=O)c1ccc(CNC2CCC(NC(=O)OC(C)(C)C)CC2)[nH]1. The Morgan fingerprint density at radius 2 is 1.80 bits per heavy atom. The maximum atomic E-state index is 11.8. The van der Waals surface area contributed by atoms with Gasteiger partial charge in [0.1, 0.15) is 11.3 Å². The van der Waals surface area contributed by atoms with Gasteiger partial charge < -0.3 is 25.1 Å². The second-order valence-corrected chi connectivity index (χ2v) is 7.46. The van der Waals surface area contributed by atoms with E-state index in [1.54, 1.807) is 6.07 Å². The van der Waals surface area contributed by atoms with Gasteiger partial charge in [0.15, 0.2) is 0 Å². The number of alkyl carbamates (subject to hydrolysis) is 1. The summed E-state index contributed by atoms with van der Waals surface area (Å²) in [5.41, 5.74) is 0.945. The molecule has 2 rings (SSSR count). The number of hydrogen-bond acceptors (Lipinski definition) is 5. The molecule has 1 fully saturated rings. The molecule has 1 saturated carbocycles. The van der Waals surface area contributed by atoms with Crippen LogP contribution in [0.5, 0.6) is 0 Å². The third-order valence-corrected chi connectivity index (χ3v) is 4.18. The molecule has 1 aromatic rings. The lowest BCUT2D eigenvalue weighted by atomic mass is 9.91. The van der Waals surface area contributed by atoms with E-state index < -0.39 is 5.60 Å². The Bertz CT molecular complexity index is 583. The lowest BCUT2D eigenvalue weighted by molar-refractivity contribution is 0.0488. The Balaban J connectivity index is 1.69. The van der Waals surface area contributed by atoms with Gasteiger partial charge in [-0.25, -0.2) is 9.59 Å². The predicted octanol–water partition coefficient (Wildman–Crippen LogP) is 2.73. The van der Waals surface area contributed by atoms with Crippen LogP contribution in [0.4, 0.5) is 4.79 Å². The molecule has 140 valence electrons. The molecule has 1 aliphatic rings. The Hall–Kier alpha value is -2.02. The monoisotopic (exact) mass is 351 g/mol. The van der Waals surface area contributed by atoms with Crippen LogP contribution in [0.3, 0.4) is 0 Å². The minimum Gasteiger partial charge on any atom is -0.464 e. The molecule has 1 aliphatic carbocycles. The lowest BCUT2D eigenvalue weighted by Crippen LogP contribution is -2.43. The molecule has 7 nitrogen and oxygen atoms in total. The van der Waals surface area contributed by atoms with Crippen LogP contribution in [0.25, 0.3) is 0 Å². The van der Waals surface area contributed by atoms with E-state index in [1.807, 2.05) is 26.8 Å². The van der Waals surface area contributed by atoms with Crippen LogP contribution >= 0.6 is 0 Å². The van der Waals surface area contributed by atoms with E-state index in [2.05, 4.69) is 20.4 Å². The van der Waals surface area contributed by atoms with Crippen LogP contribution in [0.1, 0.15) is 62.6 Å². The summed E-state index contributed by atoms with van der Waals surface area (Å²) in [6.45, 7) is 6.25. The molecule has 1 amide bonds. The third-order valence-electron chi connectivity index (χ3n) is 4.18. The standard InChI is InChI=1S/C18H29N3O4/c1-18(2,3)25-17(23)21-13-7-5-12(6-8-13)19-11-14-9-10-15(20-14)16(22)24-4/h9-10,12-13,19-20H,5-8,11H2,1-4H3,(H,21,23). The predicted molar refractivity (Wildman–Crippen MR) is 94.4 cm³/mol. The largest absolute Gasteiger partial charge is 0.464 e. The maximum Gasteiger partial charge on any atom is 0.407 e. The molecule has 0 spiro atoms. The highest BCUT2D eigenvalue weighted by Gasteiger charge is 2.24. The summed E-state index contributed by atoms with van der Waals surface area (Å²) in [4.78, 5) is 26.3. The summed E-state index contributed by atoms with van der Waals surface area (Å²) in [7, 11) is 1.37. The van der Waals surface area contributed by atoms with Crippen molar-refractivity contribution in [3.05, 3.63) is 23.5 Å². The van der Waals surface area contributed by atoms with Crippen LogP contribution in [0, 0.1) is 0 Å². The van der Waals surface area contributed by atoms with Gasteiger partial charge in [0.25, 0.3) is 0 Å². The van der Waals surface area contributed by atoms with Crippen molar-refractivity contribution >= 4 is 12.1 Å². The van der Waals surface area contributed by atoms with Crippen molar-refractivity contribution in [3.63, 3.8) is 0 Å². The normalized spacial score (nSPS) is 20.8. The van der Waals surface area contributed by atoms with Gasteiger partial charge in [-0.2, -0.15) is 0 Å². The minimum atomic E-state index is -0.470. The molecular formula is C18H29N3O4. The maximum absolute atomic E-state index is 11.8. The topological polar surface area (TPSA) is 92.5 Å². The first-order chi connectivity index (χ1) is 11.8. The summed E-state index contributed by atoms with van der Waals surface area (Å²) in [5, 5.41) is 6.44. The average Bonchev–Trinajstić information content (AvgIpc) is 3.00. The van der Waals surface area contributed by atoms with Crippen molar-refractivity contribution in [1.82, 2.24) is 15.6 Å². The zero-order valence-electron chi connectivity index (χ0n) is 15.5. The number of amides is 1. The van der Waals surface area contributed by atoms with E-state index in [0.717, 1.165) is 31.4 Å². The molecule has 0 saturated heterocycles. The second-order valence-electron chi connectivity index (χ2n) is 7.46. The smallest absolute Gasteiger partial charge is 0.407 e. The number of esters is 1. The average molecular weight is 351 g/mol. The molecule has 0 aromatic carbocycles. The van der Waals surface area contributed by atoms with Crippen LogP contribution in [-0.4, -0.2) is 41.8 Å². The molecule has 7 heteroatoms. The van der Waals surface area contributed by atoms with Gasteiger partial charge in [0.2, 0.25) is 0 Å². The number of aromatic nitrogens is 1. The summed E-state index contributed by atoms with van der Waals surface area (Å²) >= 11 is 0.